The molecule has 2 aromatic carbocycles. The largest absolute Gasteiger partial charge is 0.478 e. The highest BCUT2D eigenvalue weighted by atomic mass is 32.1. The number of urea groups is 1. The van der Waals surface area contributed by atoms with Gasteiger partial charge in [0.05, 0.1) is 11.3 Å². The first-order valence-corrected chi connectivity index (χ1v) is 11.9. The number of amides is 2. The van der Waals surface area contributed by atoms with Gasteiger partial charge < -0.3 is 14.7 Å². The van der Waals surface area contributed by atoms with Gasteiger partial charge >= 0.3 is 18.2 Å². The number of alkyl halides is 3. The Morgan fingerprint density at radius 1 is 1.11 bits per heavy atom. The fourth-order valence-electron chi connectivity index (χ4n) is 3.77. The van der Waals surface area contributed by atoms with Crippen molar-refractivity contribution in [3.8, 4) is 17.0 Å². The van der Waals surface area contributed by atoms with E-state index in [4.69, 9.17) is 4.74 Å². The summed E-state index contributed by atoms with van der Waals surface area (Å²) in [5.41, 5.74) is 0.797. The third-order valence-corrected chi connectivity index (χ3v) is 6.84. The van der Waals surface area contributed by atoms with Crippen molar-refractivity contribution >= 4 is 28.5 Å². The van der Waals surface area contributed by atoms with E-state index in [2.05, 4.69) is 4.98 Å². The molecule has 1 aromatic heterocycles. The summed E-state index contributed by atoms with van der Waals surface area (Å²) in [5.74, 6) is -0.678. The van der Waals surface area contributed by atoms with Crippen LogP contribution in [-0.4, -0.2) is 46.2 Å². The Morgan fingerprint density at radius 3 is 2.44 bits per heavy atom. The van der Waals surface area contributed by atoms with Gasteiger partial charge in [-0.3, -0.25) is 4.90 Å². The number of carboxylic acid groups (broad SMARTS) is 1. The van der Waals surface area contributed by atoms with E-state index in [1.807, 2.05) is 6.07 Å². The minimum Gasteiger partial charge on any atom is -0.478 e. The molecule has 7 nitrogen and oxygen atoms in total. The van der Waals surface area contributed by atoms with Gasteiger partial charge in [0.25, 0.3) is 0 Å². The monoisotopic (exact) mass is 519 g/mol. The molecule has 11 heteroatoms. The number of aliphatic carboxylic acids is 1. The number of ether oxygens (including phenoxy) is 1. The number of hydrogen-bond donors (Lipinski definition) is 1. The van der Waals surface area contributed by atoms with Gasteiger partial charge in [-0.15, -0.1) is 11.3 Å². The number of thiazole rings is 1. The van der Waals surface area contributed by atoms with Crippen LogP contribution in [0.2, 0.25) is 0 Å². The normalized spacial score (nSPS) is 13.8. The minimum atomic E-state index is -4.41. The Morgan fingerprint density at radius 2 is 1.81 bits per heavy atom. The van der Waals surface area contributed by atoms with Gasteiger partial charge in [-0.05, 0) is 55.7 Å². The second-order valence-corrected chi connectivity index (χ2v) is 9.79. The van der Waals surface area contributed by atoms with Gasteiger partial charge in [-0.2, -0.15) is 13.2 Å². The maximum Gasteiger partial charge on any atom is 0.416 e. The molecule has 0 spiro atoms. The van der Waals surface area contributed by atoms with Crippen LogP contribution in [-0.2, 0) is 23.9 Å². The summed E-state index contributed by atoms with van der Waals surface area (Å²) in [4.78, 5) is 32.1. The van der Waals surface area contributed by atoms with Crippen molar-refractivity contribution in [2.75, 3.05) is 18.5 Å². The molecule has 0 saturated heterocycles. The quantitative estimate of drug-likeness (QED) is 0.469. The van der Waals surface area contributed by atoms with E-state index < -0.39 is 23.3 Å². The fraction of sp³-hybridized carbons (Fsp3) is 0.320. The minimum absolute atomic E-state index is 0.272. The summed E-state index contributed by atoms with van der Waals surface area (Å²) >= 11 is 1.22. The van der Waals surface area contributed by atoms with Gasteiger partial charge in [0.1, 0.15) is 5.75 Å². The average molecular weight is 520 g/mol. The summed E-state index contributed by atoms with van der Waals surface area (Å²) in [6, 6.07) is 9.81. The van der Waals surface area contributed by atoms with E-state index in [1.165, 1.54) is 42.2 Å². The Balaban J connectivity index is 1.46. The zero-order chi connectivity index (χ0) is 26.3. The summed E-state index contributed by atoms with van der Waals surface area (Å²) in [5, 5.41) is 11.4. The summed E-state index contributed by atoms with van der Waals surface area (Å²) in [6.07, 6.45) is -3.78. The lowest BCUT2D eigenvalue weighted by Crippen LogP contribution is -2.43. The van der Waals surface area contributed by atoms with Crippen molar-refractivity contribution in [3.63, 3.8) is 0 Å². The predicted octanol–water partition coefficient (Wildman–Crippen LogP) is 5.69. The number of rotatable bonds is 5. The average Bonchev–Trinajstić information content (AvgIpc) is 3.32. The maximum absolute atomic E-state index is 13.2. The lowest BCUT2D eigenvalue weighted by molar-refractivity contribution is -0.152. The number of anilines is 1. The van der Waals surface area contributed by atoms with Crippen LogP contribution < -0.4 is 9.64 Å². The number of nitrogens with zero attached hydrogens (tertiary/aromatic N) is 3. The van der Waals surface area contributed by atoms with E-state index in [-0.39, 0.29) is 6.03 Å². The lowest BCUT2D eigenvalue weighted by Gasteiger charge is -2.32. The second-order valence-electron chi connectivity index (χ2n) is 8.95. The molecule has 0 bridgehead atoms. The first-order chi connectivity index (χ1) is 16.8. The Kier molecular flexibility index (Phi) is 6.70. The van der Waals surface area contributed by atoms with Crippen LogP contribution in [0.15, 0.2) is 47.8 Å². The van der Waals surface area contributed by atoms with Crippen LogP contribution in [0.5, 0.6) is 5.75 Å². The number of aromatic nitrogens is 1. The van der Waals surface area contributed by atoms with Crippen LogP contribution in [0.1, 0.15) is 30.5 Å². The maximum atomic E-state index is 13.2. The molecule has 0 aliphatic carbocycles. The zero-order valence-corrected chi connectivity index (χ0v) is 20.6. The van der Waals surface area contributed by atoms with E-state index in [1.54, 1.807) is 29.5 Å². The number of benzene rings is 2. The molecule has 0 atom stereocenters. The van der Waals surface area contributed by atoms with Crippen LogP contribution in [0.25, 0.3) is 11.3 Å². The zero-order valence-electron chi connectivity index (χ0n) is 19.8. The van der Waals surface area contributed by atoms with Gasteiger partial charge in [0.2, 0.25) is 0 Å². The molecular formula is C25H24F3N3O4S. The first-order valence-electron chi connectivity index (χ1n) is 11.0. The molecule has 0 unspecified atom stereocenters. The highest BCUT2D eigenvalue weighted by molar-refractivity contribution is 7.14. The summed E-state index contributed by atoms with van der Waals surface area (Å²) in [7, 11) is 1.60. The van der Waals surface area contributed by atoms with Crippen LogP contribution in [0.4, 0.5) is 23.1 Å². The van der Waals surface area contributed by atoms with Crippen molar-refractivity contribution < 1.29 is 32.6 Å². The molecule has 3 aromatic rings. The SMILES string of the molecule is CN(C(=O)N1CCc2ccc(OC(C)(C)C(=O)O)cc2C1)c1nc(-c2ccc(C(F)(F)F)cc2)cs1. The van der Waals surface area contributed by atoms with E-state index in [0.717, 1.165) is 23.3 Å². The van der Waals surface area contributed by atoms with Crippen molar-refractivity contribution in [1.82, 2.24) is 9.88 Å². The van der Waals surface area contributed by atoms with E-state index in [0.29, 0.717) is 41.6 Å². The van der Waals surface area contributed by atoms with Crippen molar-refractivity contribution in [2.45, 2.75) is 38.6 Å². The van der Waals surface area contributed by atoms with Crippen molar-refractivity contribution in [1.29, 1.82) is 0 Å². The fourth-order valence-corrected chi connectivity index (χ4v) is 4.57. The van der Waals surface area contributed by atoms with Crippen molar-refractivity contribution in [2.24, 2.45) is 0 Å². The summed E-state index contributed by atoms with van der Waals surface area (Å²) < 4.78 is 44.1. The molecule has 2 heterocycles. The number of carbonyl (C=O) groups excluding carboxylic acids is 1. The number of fused-ring (bicyclic) bond motifs is 1. The number of halogens is 3. The second kappa shape index (κ2) is 9.45. The highest BCUT2D eigenvalue weighted by Crippen LogP contribution is 2.33. The van der Waals surface area contributed by atoms with Crippen molar-refractivity contribution in [3.05, 3.63) is 64.5 Å². The summed E-state index contributed by atoms with van der Waals surface area (Å²) in [6.45, 7) is 3.74. The molecule has 4 rings (SSSR count). The molecule has 1 aliphatic heterocycles. The van der Waals surface area contributed by atoms with Gasteiger partial charge in [-0.1, -0.05) is 18.2 Å². The topological polar surface area (TPSA) is 83.0 Å². The van der Waals surface area contributed by atoms with Crippen LogP contribution >= 0.6 is 11.3 Å². The number of carboxylic acids is 1. The Hall–Kier alpha value is -3.60. The molecular weight excluding hydrogens is 495 g/mol. The first kappa shape index (κ1) is 25.5. The Bertz CT molecular complexity index is 1290. The van der Waals surface area contributed by atoms with Crippen LogP contribution in [0.3, 0.4) is 0 Å². The van der Waals surface area contributed by atoms with Gasteiger partial charge in [0, 0.05) is 31.1 Å². The van der Waals surface area contributed by atoms with E-state index >= 15 is 0 Å². The molecule has 0 radical (unpaired) electrons. The van der Waals surface area contributed by atoms with Crippen LogP contribution in [0, 0.1) is 0 Å². The standard InChI is InChI=1S/C25H24F3N3O4S/c1-24(2,21(32)33)35-19-9-6-15-10-11-31(13-17(15)12-19)23(34)30(3)22-29-20(14-36-22)16-4-7-18(8-5-16)25(26,27)28/h4-9,12,14H,10-11,13H2,1-3H3,(H,32,33). The number of carbonyl (C=O) groups is 2. The van der Waals surface area contributed by atoms with E-state index in [9.17, 15) is 27.9 Å². The third kappa shape index (κ3) is 5.30. The van der Waals surface area contributed by atoms with Gasteiger partial charge in [-0.25, -0.2) is 14.6 Å². The lowest BCUT2D eigenvalue weighted by atomic mass is 9.99. The predicted molar refractivity (Wildman–Crippen MR) is 129 cm³/mol. The van der Waals surface area contributed by atoms with Gasteiger partial charge in [0.15, 0.2) is 10.7 Å². The molecule has 0 fully saturated rings. The number of hydrogen-bond acceptors (Lipinski definition) is 5. The molecule has 0 saturated carbocycles. The molecule has 1 aliphatic rings. The molecule has 190 valence electrons. The third-order valence-electron chi connectivity index (χ3n) is 5.92. The molecule has 36 heavy (non-hydrogen) atoms. The highest BCUT2D eigenvalue weighted by Gasteiger charge is 2.31. The molecule has 1 N–H and O–H groups in total. The smallest absolute Gasteiger partial charge is 0.416 e. The Labute approximate surface area is 209 Å². The molecule has 2 amide bonds.